The van der Waals surface area contributed by atoms with E-state index in [0.717, 1.165) is 38.5 Å². The third-order valence-corrected chi connectivity index (χ3v) is 5.04. The first-order chi connectivity index (χ1) is 13.2. The highest BCUT2D eigenvalue weighted by Gasteiger charge is 2.33. The predicted octanol–water partition coefficient (Wildman–Crippen LogP) is 3.06. The summed E-state index contributed by atoms with van der Waals surface area (Å²) in [6.07, 6.45) is 7.65. The molecule has 0 bridgehead atoms. The van der Waals surface area contributed by atoms with Crippen molar-refractivity contribution in [1.29, 1.82) is 0 Å². The maximum absolute atomic E-state index is 12.0. The molecular formula is C20H35IN4O3. The molecule has 1 aromatic rings. The minimum absolute atomic E-state index is 0. The Morgan fingerprint density at radius 3 is 2.68 bits per heavy atom. The van der Waals surface area contributed by atoms with E-state index in [9.17, 15) is 4.79 Å². The highest BCUT2D eigenvalue weighted by atomic mass is 127. The summed E-state index contributed by atoms with van der Waals surface area (Å²) in [5, 5.41) is 9.48. The number of ether oxygens (including phenoxy) is 1. The summed E-state index contributed by atoms with van der Waals surface area (Å²) >= 11 is 0. The van der Waals surface area contributed by atoms with Gasteiger partial charge in [-0.3, -0.25) is 4.79 Å². The highest BCUT2D eigenvalue weighted by molar-refractivity contribution is 14.0. The molecule has 0 aromatic carbocycles. The molecule has 8 heteroatoms. The van der Waals surface area contributed by atoms with E-state index in [1.165, 1.54) is 25.7 Å². The summed E-state index contributed by atoms with van der Waals surface area (Å²) in [6, 6.07) is 3.63. The van der Waals surface area contributed by atoms with E-state index in [1.54, 1.807) is 12.3 Å². The van der Waals surface area contributed by atoms with Gasteiger partial charge in [-0.25, -0.2) is 4.99 Å². The molecule has 1 saturated carbocycles. The number of hydrogen-bond donors (Lipinski definition) is 3. The van der Waals surface area contributed by atoms with Crippen LogP contribution in [0.25, 0.3) is 0 Å². The summed E-state index contributed by atoms with van der Waals surface area (Å²) in [7, 11) is 0. The summed E-state index contributed by atoms with van der Waals surface area (Å²) in [4.78, 5) is 16.4. The largest absolute Gasteiger partial charge is 0.467 e. The SMILES string of the molecule is CCNC(=NCC(=O)NCc1ccco1)NCC1(CCOCC)CCCC1.I. The van der Waals surface area contributed by atoms with Crippen molar-refractivity contribution in [3.8, 4) is 0 Å². The van der Waals surface area contributed by atoms with Gasteiger partial charge in [0, 0.05) is 26.3 Å². The molecule has 1 fully saturated rings. The van der Waals surface area contributed by atoms with Crippen LogP contribution in [0.5, 0.6) is 0 Å². The lowest BCUT2D eigenvalue weighted by Crippen LogP contribution is -2.44. The van der Waals surface area contributed by atoms with E-state index in [-0.39, 0.29) is 41.8 Å². The van der Waals surface area contributed by atoms with E-state index < -0.39 is 0 Å². The molecule has 1 aliphatic carbocycles. The lowest BCUT2D eigenvalue weighted by atomic mass is 9.83. The van der Waals surface area contributed by atoms with Crippen molar-refractivity contribution >= 4 is 35.8 Å². The quantitative estimate of drug-likeness (QED) is 0.186. The molecular weight excluding hydrogens is 471 g/mol. The van der Waals surface area contributed by atoms with Crippen LogP contribution < -0.4 is 16.0 Å². The minimum Gasteiger partial charge on any atom is -0.467 e. The number of guanidine groups is 1. The van der Waals surface area contributed by atoms with Crippen LogP contribution in [0, 0.1) is 5.41 Å². The van der Waals surface area contributed by atoms with Crippen molar-refractivity contribution in [3.05, 3.63) is 24.2 Å². The van der Waals surface area contributed by atoms with Gasteiger partial charge in [0.05, 0.1) is 12.8 Å². The summed E-state index contributed by atoms with van der Waals surface area (Å²) < 4.78 is 10.8. The molecule has 7 nitrogen and oxygen atoms in total. The molecule has 3 N–H and O–H groups in total. The molecule has 0 radical (unpaired) electrons. The van der Waals surface area contributed by atoms with Crippen molar-refractivity contribution < 1.29 is 13.9 Å². The Balaban J connectivity index is 0.00000392. The predicted molar refractivity (Wildman–Crippen MR) is 122 cm³/mol. The molecule has 0 aliphatic heterocycles. The molecule has 1 amide bonds. The second kappa shape index (κ2) is 13.8. The van der Waals surface area contributed by atoms with E-state index in [0.29, 0.717) is 12.5 Å². The number of nitrogens with zero attached hydrogens (tertiary/aromatic N) is 1. The molecule has 1 heterocycles. The number of carbonyl (C=O) groups excluding carboxylic acids is 1. The number of furan rings is 1. The van der Waals surface area contributed by atoms with E-state index in [2.05, 4.69) is 20.9 Å². The standard InChI is InChI=1S/C20H34N4O3.HI/c1-3-21-19(23-15-18(25)22-14-17-8-7-12-27-17)24-16-20(9-5-6-10-20)11-13-26-4-2;/h7-8,12H,3-6,9-11,13-16H2,1-2H3,(H,22,25)(H2,21,23,24);1H. The fourth-order valence-corrected chi connectivity index (χ4v) is 3.49. The maximum Gasteiger partial charge on any atom is 0.242 e. The summed E-state index contributed by atoms with van der Waals surface area (Å²) in [5.41, 5.74) is 0.271. The van der Waals surface area contributed by atoms with Crippen LogP contribution >= 0.6 is 24.0 Å². The van der Waals surface area contributed by atoms with Crippen LogP contribution in [0.1, 0.15) is 51.7 Å². The first-order valence-corrected chi connectivity index (χ1v) is 10.1. The van der Waals surface area contributed by atoms with E-state index >= 15 is 0 Å². The van der Waals surface area contributed by atoms with Crippen molar-refractivity contribution in [1.82, 2.24) is 16.0 Å². The Hall–Kier alpha value is -1.29. The normalized spacial score (nSPS) is 15.7. The van der Waals surface area contributed by atoms with Crippen LogP contribution in [0.4, 0.5) is 0 Å². The minimum atomic E-state index is -0.129. The molecule has 160 valence electrons. The van der Waals surface area contributed by atoms with Crippen molar-refractivity contribution in [2.24, 2.45) is 10.4 Å². The smallest absolute Gasteiger partial charge is 0.242 e. The van der Waals surface area contributed by atoms with Gasteiger partial charge in [-0.05, 0) is 50.7 Å². The number of halogens is 1. The van der Waals surface area contributed by atoms with Gasteiger partial charge in [0.1, 0.15) is 12.3 Å². The Morgan fingerprint density at radius 2 is 2.04 bits per heavy atom. The average Bonchev–Trinajstić information content (AvgIpc) is 3.35. The lowest BCUT2D eigenvalue weighted by molar-refractivity contribution is -0.119. The molecule has 0 spiro atoms. The maximum atomic E-state index is 12.0. The highest BCUT2D eigenvalue weighted by Crippen LogP contribution is 2.40. The second-order valence-corrected chi connectivity index (χ2v) is 7.06. The first-order valence-electron chi connectivity index (χ1n) is 10.1. The van der Waals surface area contributed by atoms with E-state index in [1.807, 2.05) is 19.9 Å². The van der Waals surface area contributed by atoms with Crippen LogP contribution in [-0.4, -0.2) is 44.7 Å². The number of carbonyl (C=O) groups is 1. The van der Waals surface area contributed by atoms with Crippen LogP contribution in [0.3, 0.4) is 0 Å². The molecule has 28 heavy (non-hydrogen) atoms. The molecule has 2 rings (SSSR count). The lowest BCUT2D eigenvalue weighted by Gasteiger charge is -2.30. The van der Waals surface area contributed by atoms with Gasteiger partial charge in [-0.15, -0.1) is 24.0 Å². The third kappa shape index (κ3) is 8.81. The number of nitrogens with one attached hydrogen (secondary N) is 3. The Morgan fingerprint density at radius 1 is 1.25 bits per heavy atom. The van der Waals surface area contributed by atoms with Crippen molar-refractivity contribution in [3.63, 3.8) is 0 Å². The second-order valence-electron chi connectivity index (χ2n) is 7.06. The van der Waals surface area contributed by atoms with Crippen molar-refractivity contribution in [2.45, 2.75) is 52.5 Å². The van der Waals surface area contributed by atoms with Gasteiger partial charge >= 0.3 is 0 Å². The molecule has 0 saturated heterocycles. The van der Waals surface area contributed by atoms with Crippen LogP contribution in [-0.2, 0) is 16.1 Å². The summed E-state index contributed by atoms with van der Waals surface area (Å²) in [6.45, 7) is 7.71. The van der Waals surface area contributed by atoms with Gasteiger partial charge < -0.3 is 25.1 Å². The Kier molecular flexibility index (Phi) is 12.2. The zero-order valence-corrected chi connectivity index (χ0v) is 19.4. The van der Waals surface area contributed by atoms with Gasteiger partial charge in [0.2, 0.25) is 5.91 Å². The molecule has 1 aliphatic rings. The zero-order chi connectivity index (χ0) is 19.4. The van der Waals surface area contributed by atoms with Crippen molar-refractivity contribution in [2.75, 3.05) is 32.8 Å². The third-order valence-electron chi connectivity index (χ3n) is 5.04. The Labute approximate surface area is 185 Å². The molecule has 0 atom stereocenters. The Bertz CT molecular complexity index is 572. The van der Waals surface area contributed by atoms with Crippen LogP contribution in [0.15, 0.2) is 27.8 Å². The summed E-state index contributed by atoms with van der Waals surface area (Å²) in [5.74, 6) is 1.29. The average molecular weight is 506 g/mol. The number of aliphatic imine (C=N–C) groups is 1. The van der Waals surface area contributed by atoms with Crippen LogP contribution in [0.2, 0.25) is 0 Å². The number of hydrogen-bond acceptors (Lipinski definition) is 4. The molecule has 1 aromatic heterocycles. The van der Waals surface area contributed by atoms with E-state index in [4.69, 9.17) is 9.15 Å². The first kappa shape index (κ1) is 24.7. The van der Waals surface area contributed by atoms with Gasteiger partial charge in [0.15, 0.2) is 5.96 Å². The monoisotopic (exact) mass is 506 g/mol. The fraction of sp³-hybridized carbons (Fsp3) is 0.700. The molecule has 0 unspecified atom stereocenters. The zero-order valence-electron chi connectivity index (χ0n) is 17.1. The number of amides is 1. The fourth-order valence-electron chi connectivity index (χ4n) is 3.49. The topological polar surface area (TPSA) is 87.9 Å². The van der Waals surface area contributed by atoms with Gasteiger partial charge in [-0.1, -0.05) is 12.8 Å². The van der Waals surface area contributed by atoms with Gasteiger partial charge in [-0.2, -0.15) is 0 Å². The number of rotatable bonds is 11. The van der Waals surface area contributed by atoms with Gasteiger partial charge in [0.25, 0.3) is 0 Å².